The fraction of sp³-hybridized carbons (Fsp3) is 0.625. The molecule has 100 valence electrons. The quantitative estimate of drug-likeness (QED) is 0.722. The number of halogens is 1. The van der Waals surface area contributed by atoms with Crippen molar-refractivity contribution in [2.24, 2.45) is 0 Å². The molecule has 0 heterocycles. The van der Waals surface area contributed by atoms with E-state index in [1.807, 2.05) is 26.0 Å². The molecule has 0 spiro atoms. The molecular weight excluding hydrogens is 225 g/mol. The van der Waals surface area contributed by atoms with Crippen LogP contribution in [0.1, 0.15) is 48.8 Å². The number of benzene rings is 1. The van der Waals surface area contributed by atoms with Gasteiger partial charge in [0.2, 0.25) is 0 Å². The molecule has 2 rings (SSSR count). The van der Waals surface area contributed by atoms with E-state index in [9.17, 15) is 4.39 Å². The van der Waals surface area contributed by atoms with Crippen molar-refractivity contribution < 1.29 is 4.39 Å². The van der Waals surface area contributed by atoms with Crippen molar-refractivity contribution in [2.75, 3.05) is 6.54 Å². The van der Waals surface area contributed by atoms with Crippen molar-refractivity contribution in [1.82, 2.24) is 5.32 Å². The third-order valence-electron chi connectivity index (χ3n) is 3.65. The van der Waals surface area contributed by atoms with Gasteiger partial charge in [-0.2, -0.15) is 0 Å². The Kier molecular flexibility index (Phi) is 4.76. The van der Waals surface area contributed by atoms with Crippen LogP contribution in [0.4, 0.5) is 4.39 Å². The first-order valence-electron chi connectivity index (χ1n) is 7.16. The normalized spacial score (nSPS) is 15.1. The fourth-order valence-electron chi connectivity index (χ4n) is 2.40. The number of rotatable bonds is 7. The Morgan fingerprint density at radius 2 is 1.78 bits per heavy atom. The maximum atomic E-state index is 13.5. The summed E-state index contributed by atoms with van der Waals surface area (Å²) in [6, 6.07) is 4.81. The van der Waals surface area contributed by atoms with Crippen LogP contribution in [-0.2, 0) is 6.42 Å². The Hall–Kier alpha value is -0.890. The van der Waals surface area contributed by atoms with Gasteiger partial charge in [0.05, 0.1) is 0 Å². The summed E-state index contributed by atoms with van der Waals surface area (Å²) in [4.78, 5) is 0. The highest BCUT2D eigenvalue weighted by atomic mass is 19.1. The molecule has 1 aromatic rings. The third kappa shape index (κ3) is 4.09. The largest absolute Gasteiger partial charge is 0.314 e. The second-order valence-electron chi connectivity index (χ2n) is 5.58. The summed E-state index contributed by atoms with van der Waals surface area (Å²) < 4.78 is 13.5. The van der Waals surface area contributed by atoms with E-state index in [0.717, 1.165) is 30.1 Å². The molecule has 1 fully saturated rings. The average molecular weight is 249 g/mol. The molecule has 2 heteroatoms. The lowest BCUT2D eigenvalue weighted by Gasteiger charge is -2.07. The smallest absolute Gasteiger partial charge is 0.129 e. The molecule has 1 N–H and O–H groups in total. The Labute approximate surface area is 110 Å². The van der Waals surface area contributed by atoms with Crippen LogP contribution in [-0.4, -0.2) is 12.6 Å². The molecule has 0 bridgehead atoms. The zero-order valence-electron chi connectivity index (χ0n) is 11.6. The highest BCUT2D eigenvalue weighted by Crippen LogP contribution is 2.19. The van der Waals surface area contributed by atoms with E-state index >= 15 is 0 Å². The lowest BCUT2D eigenvalue weighted by molar-refractivity contribution is 0.596. The lowest BCUT2D eigenvalue weighted by atomic mass is 10.0. The number of unbranched alkanes of at least 4 members (excludes halogenated alkanes) is 2. The van der Waals surface area contributed by atoms with Gasteiger partial charge in [-0.3, -0.25) is 0 Å². The van der Waals surface area contributed by atoms with Crippen LogP contribution in [0, 0.1) is 19.7 Å². The van der Waals surface area contributed by atoms with Gasteiger partial charge in [-0.05, 0) is 69.2 Å². The second-order valence-corrected chi connectivity index (χ2v) is 5.58. The van der Waals surface area contributed by atoms with Crippen LogP contribution in [0.5, 0.6) is 0 Å². The monoisotopic (exact) mass is 249 g/mol. The van der Waals surface area contributed by atoms with Crippen LogP contribution in [0.2, 0.25) is 0 Å². The van der Waals surface area contributed by atoms with Gasteiger partial charge in [-0.15, -0.1) is 0 Å². The number of hydrogen-bond acceptors (Lipinski definition) is 1. The van der Waals surface area contributed by atoms with Gasteiger partial charge in [-0.1, -0.05) is 18.6 Å². The van der Waals surface area contributed by atoms with Crippen LogP contribution in [0.15, 0.2) is 12.1 Å². The number of nitrogens with one attached hydrogen (secondary N) is 1. The SMILES string of the molecule is Cc1cc(CCCCCNC2CC2)cc(C)c1F. The van der Waals surface area contributed by atoms with Gasteiger partial charge in [0.15, 0.2) is 0 Å². The molecule has 0 aromatic heterocycles. The standard InChI is InChI=1S/C16H24FN/c1-12-10-14(11-13(2)16(12)17)6-4-3-5-9-18-15-7-8-15/h10-11,15,18H,3-9H2,1-2H3. The van der Waals surface area contributed by atoms with Gasteiger partial charge in [-0.25, -0.2) is 4.39 Å². The van der Waals surface area contributed by atoms with E-state index in [2.05, 4.69) is 5.32 Å². The molecule has 0 unspecified atom stereocenters. The van der Waals surface area contributed by atoms with Crippen molar-refractivity contribution in [3.05, 3.63) is 34.6 Å². The molecule has 0 amide bonds. The third-order valence-corrected chi connectivity index (χ3v) is 3.65. The van der Waals surface area contributed by atoms with Crippen molar-refractivity contribution in [3.63, 3.8) is 0 Å². The zero-order valence-corrected chi connectivity index (χ0v) is 11.6. The molecule has 0 saturated heterocycles. The molecule has 0 atom stereocenters. The first-order valence-corrected chi connectivity index (χ1v) is 7.16. The predicted octanol–water partition coefficient (Wildman–Crippen LogP) is 3.91. The van der Waals surface area contributed by atoms with Gasteiger partial charge < -0.3 is 5.32 Å². The van der Waals surface area contributed by atoms with Crippen molar-refractivity contribution >= 4 is 0 Å². The molecule has 1 aliphatic carbocycles. The Balaban J connectivity index is 1.66. The molecule has 18 heavy (non-hydrogen) atoms. The van der Waals surface area contributed by atoms with E-state index in [0.29, 0.717) is 0 Å². The Morgan fingerprint density at radius 1 is 1.11 bits per heavy atom. The predicted molar refractivity (Wildman–Crippen MR) is 74.5 cm³/mol. The van der Waals surface area contributed by atoms with Crippen LogP contribution < -0.4 is 5.32 Å². The minimum Gasteiger partial charge on any atom is -0.314 e. The highest BCUT2D eigenvalue weighted by Gasteiger charge is 2.19. The minimum atomic E-state index is -0.0487. The maximum Gasteiger partial charge on any atom is 0.129 e. The number of aryl methyl sites for hydroxylation is 3. The summed E-state index contributed by atoms with van der Waals surface area (Å²) in [5.41, 5.74) is 2.84. The van der Waals surface area contributed by atoms with Gasteiger partial charge in [0.25, 0.3) is 0 Å². The molecular formula is C16H24FN. The number of hydrogen-bond donors (Lipinski definition) is 1. The van der Waals surface area contributed by atoms with E-state index < -0.39 is 0 Å². The van der Waals surface area contributed by atoms with E-state index in [1.54, 1.807) is 0 Å². The van der Waals surface area contributed by atoms with E-state index in [1.165, 1.54) is 37.7 Å². The lowest BCUT2D eigenvalue weighted by Crippen LogP contribution is -2.17. The van der Waals surface area contributed by atoms with Gasteiger partial charge in [0.1, 0.15) is 5.82 Å². The minimum absolute atomic E-state index is 0.0487. The first kappa shape index (κ1) is 13.5. The maximum absolute atomic E-state index is 13.5. The van der Waals surface area contributed by atoms with E-state index in [-0.39, 0.29) is 5.82 Å². The van der Waals surface area contributed by atoms with Crippen LogP contribution in [0.25, 0.3) is 0 Å². The van der Waals surface area contributed by atoms with Gasteiger partial charge in [0, 0.05) is 6.04 Å². The van der Waals surface area contributed by atoms with Crippen molar-refractivity contribution in [1.29, 1.82) is 0 Å². The summed E-state index contributed by atoms with van der Waals surface area (Å²) in [6.07, 6.45) is 7.54. The van der Waals surface area contributed by atoms with Crippen molar-refractivity contribution in [2.45, 2.75) is 58.4 Å². The summed E-state index contributed by atoms with van der Waals surface area (Å²) in [5, 5.41) is 3.53. The summed E-state index contributed by atoms with van der Waals surface area (Å²) in [5.74, 6) is -0.0487. The topological polar surface area (TPSA) is 12.0 Å². The Morgan fingerprint density at radius 3 is 2.39 bits per heavy atom. The van der Waals surface area contributed by atoms with Crippen LogP contribution in [0.3, 0.4) is 0 Å². The first-order chi connectivity index (χ1) is 8.66. The molecule has 1 nitrogen and oxygen atoms in total. The molecule has 1 aromatic carbocycles. The van der Waals surface area contributed by atoms with Crippen LogP contribution >= 0.6 is 0 Å². The second kappa shape index (κ2) is 6.33. The molecule has 0 aliphatic heterocycles. The van der Waals surface area contributed by atoms with Gasteiger partial charge >= 0.3 is 0 Å². The Bertz CT molecular complexity index is 373. The van der Waals surface area contributed by atoms with E-state index in [4.69, 9.17) is 0 Å². The van der Waals surface area contributed by atoms with Crippen molar-refractivity contribution in [3.8, 4) is 0 Å². The molecule has 0 radical (unpaired) electrons. The summed E-state index contributed by atoms with van der Waals surface area (Å²) in [6.45, 7) is 4.86. The average Bonchev–Trinajstić information content (AvgIpc) is 3.14. The molecule has 1 saturated carbocycles. The summed E-state index contributed by atoms with van der Waals surface area (Å²) >= 11 is 0. The highest BCUT2D eigenvalue weighted by molar-refractivity contribution is 5.30. The fourth-order valence-corrected chi connectivity index (χ4v) is 2.40. The summed E-state index contributed by atoms with van der Waals surface area (Å²) in [7, 11) is 0. The zero-order chi connectivity index (χ0) is 13.0. The molecule has 1 aliphatic rings.